The van der Waals surface area contributed by atoms with Gasteiger partial charge in [0.05, 0.1) is 13.5 Å². The summed E-state index contributed by atoms with van der Waals surface area (Å²) in [4.78, 5) is 23.4. The minimum atomic E-state index is -1.00. The van der Waals surface area contributed by atoms with Gasteiger partial charge in [0.15, 0.2) is 0 Å². The second-order valence-electron chi connectivity index (χ2n) is 6.03. The van der Waals surface area contributed by atoms with Crippen molar-refractivity contribution in [2.24, 2.45) is 5.92 Å². The van der Waals surface area contributed by atoms with Gasteiger partial charge in [0.2, 0.25) is 5.91 Å². The van der Waals surface area contributed by atoms with Crippen molar-refractivity contribution < 1.29 is 19.4 Å². The molecule has 0 saturated heterocycles. The van der Waals surface area contributed by atoms with Gasteiger partial charge in [0.1, 0.15) is 11.8 Å². The summed E-state index contributed by atoms with van der Waals surface area (Å²) in [6.45, 7) is 7.73. The van der Waals surface area contributed by atoms with Crippen LogP contribution in [0.15, 0.2) is 12.1 Å². The van der Waals surface area contributed by atoms with E-state index >= 15 is 0 Å². The lowest BCUT2D eigenvalue weighted by Crippen LogP contribution is -2.42. The topological polar surface area (TPSA) is 75.6 Å². The van der Waals surface area contributed by atoms with E-state index in [9.17, 15) is 14.7 Å². The molecular weight excluding hydrogens is 282 g/mol. The monoisotopic (exact) mass is 307 g/mol. The van der Waals surface area contributed by atoms with Crippen molar-refractivity contribution in [1.82, 2.24) is 5.32 Å². The lowest BCUT2D eigenvalue weighted by atomic mass is 10.00. The number of hydrogen-bond acceptors (Lipinski definition) is 3. The molecule has 0 aliphatic rings. The van der Waals surface area contributed by atoms with Gasteiger partial charge in [-0.25, -0.2) is 4.79 Å². The Morgan fingerprint density at radius 3 is 2.41 bits per heavy atom. The molecule has 5 nitrogen and oxygen atoms in total. The van der Waals surface area contributed by atoms with E-state index in [2.05, 4.69) is 5.32 Å². The number of aliphatic carboxylic acids is 1. The molecule has 122 valence electrons. The Balaban J connectivity index is 2.86. The van der Waals surface area contributed by atoms with Crippen molar-refractivity contribution in [1.29, 1.82) is 0 Å². The van der Waals surface area contributed by atoms with Crippen LogP contribution in [0.3, 0.4) is 0 Å². The highest BCUT2D eigenvalue weighted by atomic mass is 16.5. The molecule has 22 heavy (non-hydrogen) atoms. The molecule has 2 N–H and O–H groups in total. The molecule has 1 aromatic carbocycles. The number of nitrogens with one attached hydrogen (secondary N) is 1. The Bertz CT molecular complexity index is 552. The molecule has 5 heteroatoms. The van der Waals surface area contributed by atoms with Crippen LogP contribution in [-0.2, 0) is 16.0 Å². The number of rotatable bonds is 7. The van der Waals surface area contributed by atoms with Crippen LogP contribution in [0.25, 0.3) is 0 Å². The molecule has 0 heterocycles. The summed E-state index contributed by atoms with van der Waals surface area (Å²) in [6, 6.07) is 3.00. The first-order chi connectivity index (χ1) is 10.2. The smallest absolute Gasteiger partial charge is 0.326 e. The van der Waals surface area contributed by atoms with Crippen molar-refractivity contribution in [3.8, 4) is 5.75 Å². The molecule has 0 bridgehead atoms. The third kappa shape index (κ3) is 5.06. The quantitative estimate of drug-likeness (QED) is 0.811. The number of benzene rings is 1. The lowest BCUT2D eigenvalue weighted by Gasteiger charge is -2.18. The van der Waals surface area contributed by atoms with Gasteiger partial charge >= 0.3 is 5.97 Å². The zero-order chi connectivity index (χ0) is 16.9. The van der Waals surface area contributed by atoms with E-state index in [0.29, 0.717) is 12.2 Å². The summed E-state index contributed by atoms with van der Waals surface area (Å²) >= 11 is 0. The summed E-state index contributed by atoms with van der Waals surface area (Å²) in [5, 5.41) is 11.8. The van der Waals surface area contributed by atoms with Gasteiger partial charge < -0.3 is 15.2 Å². The fourth-order valence-corrected chi connectivity index (χ4v) is 2.47. The fourth-order valence-electron chi connectivity index (χ4n) is 2.47. The van der Waals surface area contributed by atoms with E-state index in [-0.39, 0.29) is 18.2 Å². The zero-order valence-corrected chi connectivity index (χ0v) is 13.9. The summed E-state index contributed by atoms with van der Waals surface area (Å²) in [5.74, 6) is -0.464. The number of carboxylic acids is 1. The maximum atomic E-state index is 12.2. The molecule has 1 rings (SSSR count). The zero-order valence-electron chi connectivity index (χ0n) is 13.9. The molecule has 1 unspecified atom stereocenters. The Kier molecular flexibility index (Phi) is 6.40. The highest BCUT2D eigenvalue weighted by Crippen LogP contribution is 2.24. The van der Waals surface area contributed by atoms with Crippen molar-refractivity contribution >= 4 is 11.9 Å². The van der Waals surface area contributed by atoms with Crippen molar-refractivity contribution in [2.45, 2.75) is 46.6 Å². The molecule has 0 fully saturated rings. The lowest BCUT2D eigenvalue weighted by molar-refractivity contribution is -0.142. The van der Waals surface area contributed by atoms with E-state index in [0.717, 1.165) is 16.7 Å². The SMILES string of the molecule is COc1cc(C)cc(C)c1CC(=O)NC(CC(C)C)C(=O)O. The van der Waals surface area contributed by atoms with E-state index in [1.807, 2.05) is 39.8 Å². The van der Waals surface area contributed by atoms with Crippen molar-refractivity contribution in [3.63, 3.8) is 0 Å². The number of hydrogen-bond donors (Lipinski definition) is 2. The number of carbonyl (C=O) groups excluding carboxylic acids is 1. The summed E-state index contributed by atoms with van der Waals surface area (Å²) in [5.41, 5.74) is 2.81. The number of carbonyl (C=O) groups is 2. The van der Waals surface area contributed by atoms with Crippen LogP contribution in [-0.4, -0.2) is 30.1 Å². The average Bonchev–Trinajstić information content (AvgIpc) is 2.40. The van der Waals surface area contributed by atoms with Crippen LogP contribution in [0.2, 0.25) is 0 Å². The Morgan fingerprint density at radius 1 is 1.27 bits per heavy atom. The van der Waals surface area contributed by atoms with E-state index in [4.69, 9.17) is 4.74 Å². The van der Waals surface area contributed by atoms with Crippen LogP contribution in [0.5, 0.6) is 5.75 Å². The maximum Gasteiger partial charge on any atom is 0.326 e. The molecule has 1 atom stereocenters. The largest absolute Gasteiger partial charge is 0.496 e. The first-order valence-corrected chi connectivity index (χ1v) is 7.40. The van der Waals surface area contributed by atoms with Gasteiger partial charge in [-0.3, -0.25) is 4.79 Å². The average molecular weight is 307 g/mol. The van der Waals surface area contributed by atoms with Gasteiger partial charge in [-0.2, -0.15) is 0 Å². The molecule has 0 radical (unpaired) electrons. The summed E-state index contributed by atoms with van der Waals surface area (Å²) < 4.78 is 5.33. The summed E-state index contributed by atoms with van der Waals surface area (Å²) in [6.07, 6.45) is 0.516. The van der Waals surface area contributed by atoms with Gasteiger partial charge in [-0.1, -0.05) is 19.9 Å². The van der Waals surface area contributed by atoms with Crippen molar-refractivity contribution in [3.05, 3.63) is 28.8 Å². The van der Waals surface area contributed by atoms with Gasteiger partial charge in [-0.15, -0.1) is 0 Å². The van der Waals surface area contributed by atoms with E-state index < -0.39 is 12.0 Å². The molecule has 1 amide bonds. The third-order valence-electron chi connectivity index (χ3n) is 3.47. The molecule has 0 saturated carbocycles. The third-order valence-corrected chi connectivity index (χ3v) is 3.47. The number of amides is 1. The van der Waals surface area contributed by atoms with E-state index in [1.165, 1.54) is 0 Å². The van der Waals surface area contributed by atoms with Crippen molar-refractivity contribution in [2.75, 3.05) is 7.11 Å². The predicted octanol–water partition coefficient (Wildman–Crippen LogP) is 2.47. The molecular formula is C17H25NO4. The Labute approximate surface area is 131 Å². The van der Waals surface area contributed by atoms with Crippen LogP contribution < -0.4 is 10.1 Å². The molecule has 0 aliphatic heterocycles. The molecule has 0 aliphatic carbocycles. The van der Waals surface area contributed by atoms with Crippen LogP contribution >= 0.6 is 0 Å². The highest BCUT2D eigenvalue weighted by molar-refractivity contribution is 5.85. The minimum Gasteiger partial charge on any atom is -0.496 e. The molecule has 0 spiro atoms. The van der Waals surface area contributed by atoms with E-state index in [1.54, 1.807) is 7.11 Å². The highest BCUT2D eigenvalue weighted by Gasteiger charge is 2.22. The predicted molar refractivity (Wildman–Crippen MR) is 85.2 cm³/mol. The number of methoxy groups -OCH3 is 1. The normalized spacial score (nSPS) is 12.1. The first kappa shape index (κ1) is 18.0. The Morgan fingerprint density at radius 2 is 1.91 bits per heavy atom. The molecule has 1 aromatic rings. The van der Waals surface area contributed by atoms with Gasteiger partial charge in [0.25, 0.3) is 0 Å². The second kappa shape index (κ2) is 7.82. The van der Waals surface area contributed by atoms with Crippen LogP contribution in [0, 0.1) is 19.8 Å². The van der Waals surface area contributed by atoms with Gasteiger partial charge in [-0.05, 0) is 43.4 Å². The second-order valence-corrected chi connectivity index (χ2v) is 6.03. The van der Waals surface area contributed by atoms with Gasteiger partial charge in [0, 0.05) is 5.56 Å². The Hall–Kier alpha value is -2.04. The number of aryl methyl sites for hydroxylation is 2. The fraction of sp³-hybridized carbons (Fsp3) is 0.529. The maximum absolute atomic E-state index is 12.2. The number of carboxylic acid groups (broad SMARTS) is 1. The van der Waals surface area contributed by atoms with Crippen LogP contribution in [0.1, 0.15) is 37.0 Å². The molecule has 0 aromatic heterocycles. The van der Waals surface area contributed by atoms with Crippen LogP contribution in [0.4, 0.5) is 0 Å². The number of ether oxygens (including phenoxy) is 1. The standard InChI is InChI=1S/C17H25NO4/c1-10(2)6-14(17(20)21)18-16(19)9-13-12(4)7-11(3)8-15(13)22-5/h7-8,10,14H,6,9H2,1-5H3,(H,18,19)(H,20,21). The minimum absolute atomic E-state index is 0.108. The summed E-state index contributed by atoms with van der Waals surface area (Å²) in [7, 11) is 1.56. The first-order valence-electron chi connectivity index (χ1n) is 7.40.